The zero-order valence-electron chi connectivity index (χ0n) is 8.95. The van der Waals surface area contributed by atoms with Gasteiger partial charge in [-0.2, -0.15) is 5.10 Å². The van der Waals surface area contributed by atoms with E-state index in [1.54, 1.807) is 17.1 Å². The van der Waals surface area contributed by atoms with Gasteiger partial charge in [0, 0.05) is 6.07 Å². The highest BCUT2D eigenvalue weighted by atomic mass is 16.1. The monoisotopic (exact) mass is 223 g/mol. The maximum absolute atomic E-state index is 11.2. The molecular formula is C13H9N3O. The molecule has 0 saturated carbocycles. The third kappa shape index (κ3) is 1.80. The maximum Gasteiger partial charge on any atom is 0.180 e. The van der Waals surface area contributed by atoms with Crippen LogP contribution in [0.15, 0.2) is 59.7 Å². The van der Waals surface area contributed by atoms with Gasteiger partial charge < -0.3 is 0 Å². The Kier molecular flexibility index (Phi) is 2.19. The fourth-order valence-electron chi connectivity index (χ4n) is 1.66. The Balaban J connectivity index is 2.19. The average Bonchev–Trinajstić information content (AvgIpc) is 2.39. The van der Waals surface area contributed by atoms with E-state index in [0.29, 0.717) is 11.4 Å². The van der Waals surface area contributed by atoms with Crippen LogP contribution >= 0.6 is 0 Å². The smallest absolute Gasteiger partial charge is 0.180 e. The van der Waals surface area contributed by atoms with Crippen molar-refractivity contribution in [2.24, 2.45) is 0 Å². The first-order valence-corrected chi connectivity index (χ1v) is 5.24. The first-order chi connectivity index (χ1) is 8.33. The van der Waals surface area contributed by atoms with Gasteiger partial charge in [0.25, 0.3) is 0 Å². The molecule has 4 heteroatoms. The topological polar surface area (TPSA) is 47.8 Å². The lowest BCUT2D eigenvalue weighted by Gasteiger charge is -2.08. The first-order valence-electron chi connectivity index (χ1n) is 5.24. The zero-order chi connectivity index (χ0) is 11.7. The van der Waals surface area contributed by atoms with Crippen molar-refractivity contribution in [3.05, 3.63) is 65.1 Å². The number of benzene rings is 2. The Morgan fingerprint density at radius 1 is 0.941 bits per heavy atom. The van der Waals surface area contributed by atoms with Crippen LogP contribution in [0.5, 0.6) is 0 Å². The molecule has 0 unspecified atom stereocenters. The molecule has 1 aromatic rings. The number of para-hydroxylation sites is 1. The van der Waals surface area contributed by atoms with E-state index < -0.39 is 0 Å². The first kappa shape index (κ1) is 9.72. The molecule has 2 aliphatic rings. The highest BCUT2D eigenvalue weighted by molar-refractivity contribution is 5.54. The van der Waals surface area contributed by atoms with Crippen LogP contribution in [0, 0.1) is 0 Å². The number of fused-ring (bicyclic) bond motifs is 1. The van der Waals surface area contributed by atoms with Crippen molar-refractivity contribution in [2.75, 3.05) is 0 Å². The molecule has 0 saturated heterocycles. The molecule has 0 bridgehead atoms. The lowest BCUT2D eigenvalue weighted by Crippen LogP contribution is -2.08. The van der Waals surface area contributed by atoms with E-state index in [-0.39, 0.29) is 5.43 Å². The van der Waals surface area contributed by atoms with Gasteiger partial charge in [0.05, 0.1) is 11.4 Å². The third-order valence-corrected chi connectivity index (χ3v) is 2.49. The summed E-state index contributed by atoms with van der Waals surface area (Å²) in [5.41, 5.74) is 2.21. The van der Waals surface area contributed by atoms with E-state index in [4.69, 9.17) is 0 Å². The summed E-state index contributed by atoms with van der Waals surface area (Å²) in [4.78, 5) is 15.4. The maximum atomic E-state index is 11.2. The SMILES string of the molecule is O=c1ccc2nn(-c3ccccc3)cnc-2c1. The normalized spacial score (nSPS) is 10.6. The van der Waals surface area contributed by atoms with Crippen LogP contribution in [0.2, 0.25) is 0 Å². The summed E-state index contributed by atoms with van der Waals surface area (Å²) in [7, 11) is 0. The van der Waals surface area contributed by atoms with Gasteiger partial charge in [-0.15, -0.1) is 0 Å². The van der Waals surface area contributed by atoms with Crippen molar-refractivity contribution < 1.29 is 0 Å². The second-order valence-corrected chi connectivity index (χ2v) is 3.68. The van der Waals surface area contributed by atoms with E-state index in [1.807, 2.05) is 30.3 Å². The number of rotatable bonds is 1. The number of aromatic nitrogens is 3. The largest absolute Gasteiger partial charge is 0.290 e. The van der Waals surface area contributed by atoms with Crippen molar-refractivity contribution in [3.8, 4) is 17.1 Å². The Morgan fingerprint density at radius 2 is 1.76 bits per heavy atom. The molecule has 0 N–H and O–H groups in total. The molecule has 0 radical (unpaired) electrons. The van der Waals surface area contributed by atoms with Crippen molar-refractivity contribution >= 4 is 0 Å². The molecule has 3 rings (SSSR count). The van der Waals surface area contributed by atoms with Gasteiger partial charge >= 0.3 is 0 Å². The second kappa shape index (κ2) is 3.83. The van der Waals surface area contributed by atoms with Gasteiger partial charge in [0.1, 0.15) is 12.0 Å². The Labute approximate surface area is 97.5 Å². The lowest BCUT2D eigenvalue weighted by molar-refractivity contribution is 0.810. The van der Waals surface area contributed by atoms with Crippen LogP contribution in [-0.4, -0.2) is 14.8 Å². The predicted molar refractivity (Wildman–Crippen MR) is 64.3 cm³/mol. The van der Waals surface area contributed by atoms with Crippen LogP contribution in [-0.2, 0) is 0 Å². The summed E-state index contributed by atoms with van der Waals surface area (Å²) in [6.07, 6.45) is 1.61. The summed E-state index contributed by atoms with van der Waals surface area (Å²) < 4.78 is 1.69. The van der Waals surface area contributed by atoms with Crippen LogP contribution in [0.4, 0.5) is 0 Å². The third-order valence-electron chi connectivity index (χ3n) is 2.49. The standard InChI is InChI=1S/C13H9N3O/c17-11-6-7-12-13(8-11)14-9-16(15-12)10-4-2-1-3-5-10/h1-9H. The molecule has 0 fully saturated rings. The molecular weight excluding hydrogens is 214 g/mol. The predicted octanol–water partition coefficient (Wildman–Crippen LogP) is 1.73. The molecule has 0 atom stereocenters. The van der Waals surface area contributed by atoms with Gasteiger partial charge in [-0.05, 0) is 24.3 Å². The van der Waals surface area contributed by atoms with Gasteiger partial charge in [0.15, 0.2) is 5.43 Å². The molecule has 82 valence electrons. The van der Waals surface area contributed by atoms with Gasteiger partial charge in [-0.1, -0.05) is 18.2 Å². The molecule has 1 aliphatic carbocycles. The summed E-state index contributed by atoms with van der Waals surface area (Å²) in [6.45, 7) is 0. The number of hydrogen-bond donors (Lipinski definition) is 0. The van der Waals surface area contributed by atoms with Crippen molar-refractivity contribution in [2.45, 2.75) is 0 Å². The van der Waals surface area contributed by atoms with Crippen LogP contribution < -0.4 is 5.43 Å². The molecule has 1 aliphatic heterocycles. The summed E-state index contributed by atoms with van der Waals surface area (Å²) in [5.74, 6) is 0. The number of hydrogen-bond acceptors (Lipinski definition) is 3. The quantitative estimate of drug-likeness (QED) is 0.631. The highest BCUT2D eigenvalue weighted by Gasteiger charge is 2.06. The molecule has 4 nitrogen and oxygen atoms in total. The van der Waals surface area contributed by atoms with Crippen LogP contribution in [0.25, 0.3) is 17.1 Å². The fourth-order valence-corrected chi connectivity index (χ4v) is 1.66. The average molecular weight is 223 g/mol. The second-order valence-electron chi connectivity index (χ2n) is 3.68. The van der Waals surface area contributed by atoms with Crippen molar-refractivity contribution in [3.63, 3.8) is 0 Å². The minimum absolute atomic E-state index is 0.0516. The van der Waals surface area contributed by atoms with E-state index in [1.165, 1.54) is 12.1 Å². The van der Waals surface area contributed by atoms with E-state index in [2.05, 4.69) is 10.1 Å². The molecule has 1 aromatic carbocycles. The molecule has 0 spiro atoms. The molecule has 0 amide bonds. The van der Waals surface area contributed by atoms with E-state index in [0.717, 1.165) is 5.69 Å². The molecule has 17 heavy (non-hydrogen) atoms. The van der Waals surface area contributed by atoms with Crippen LogP contribution in [0.1, 0.15) is 0 Å². The van der Waals surface area contributed by atoms with Gasteiger partial charge in [-0.3, -0.25) is 4.79 Å². The molecule has 0 aromatic heterocycles. The minimum atomic E-state index is -0.0516. The highest BCUT2D eigenvalue weighted by Crippen LogP contribution is 2.13. The number of nitrogens with zero attached hydrogens (tertiary/aromatic N) is 3. The Bertz CT molecular complexity index is 676. The van der Waals surface area contributed by atoms with Gasteiger partial charge in [-0.25, -0.2) is 9.67 Å². The molecule has 1 heterocycles. The summed E-state index contributed by atoms with van der Waals surface area (Å²) in [5, 5.41) is 4.40. The summed E-state index contributed by atoms with van der Waals surface area (Å²) in [6, 6.07) is 14.4. The van der Waals surface area contributed by atoms with Crippen molar-refractivity contribution in [1.29, 1.82) is 0 Å². The minimum Gasteiger partial charge on any atom is -0.290 e. The Hall–Kier alpha value is -2.49. The van der Waals surface area contributed by atoms with E-state index in [9.17, 15) is 4.79 Å². The van der Waals surface area contributed by atoms with Gasteiger partial charge in [0.2, 0.25) is 0 Å². The summed E-state index contributed by atoms with van der Waals surface area (Å²) >= 11 is 0. The van der Waals surface area contributed by atoms with E-state index >= 15 is 0 Å². The van der Waals surface area contributed by atoms with Crippen molar-refractivity contribution in [1.82, 2.24) is 14.8 Å². The lowest BCUT2D eigenvalue weighted by atomic mass is 10.2. The zero-order valence-corrected chi connectivity index (χ0v) is 8.95. The fraction of sp³-hybridized carbons (Fsp3) is 0. The Morgan fingerprint density at radius 3 is 2.59 bits per heavy atom. The van der Waals surface area contributed by atoms with Crippen LogP contribution in [0.3, 0.4) is 0 Å².